The fourth-order valence-electron chi connectivity index (χ4n) is 1.58. The quantitative estimate of drug-likeness (QED) is 0.773. The summed E-state index contributed by atoms with van der Waals surface area (Å²) in [4.78, 5) is 22.3. The number of methoxy groups -OCH3 is 1. The number of hydrogen-bond acceptors (Lipinski definition) is 7. The van der Waals surface area contributed by atoms with Gasteiger partial charge in [0.1, 0.15) is 18.6 Å². The first kappa shape index (κ1) is 13.7. The molecule has 0 saturated heterocycles. The topological polar surface area (TPSA) is 128 Å². The van der Waals surface area contributed by atoms with Crippen LogP contribution in [0.5, 0.6) is 5.75 Å². The summed E-state index contributed by atoms with van der Waals surface area (Å²) in [6.07, 6.45) is 0.905. The van der Waals surface area contributed by atoms with Gasteiger partial charge < -0.3 is 19.4 Å². The zero-order chi connectivity index (χ0) is 14.7. The molecule has 2 aromatic rings. The molecule has 0 saturated carbocycles. The minimum atomic E-state index is -1.23. The van der Waals surface area contributed by atoms with Gasteiger partial charge in [-0.3, -0.25) is 4.79 Å². The van der Waals surface area contributed by atoms with Crippen molar-refractivity contribution in [3.8, 4) is 5.75 Å². The summed E-state index contributed by atoms with van der Waals surface area (Å²) in [5.74, 6) is -1.53. The van der Waals surface area contributed by atoms with E-state index < -0.39 is 17.1 Å². The number of carboxylic acid groups (broad SMARTS) is 1. The molecule has 0 radical (unpaired) electrons. The van der Waals surface area contributed by atoms with Gasteiger partial charge in [0.05, 0.1) is 12.3 Å². The van der Waals surface area contributed by atoms with Crippen LogP contribution in [0.4, 0.5) is 0 Å². The van der Waals surface area contributed by atoms with E-state index in [-0.39, 0.29) is 30.3 Å². The molecule has 2 aromatic heterocycles. The molecular formula is C11H11N3O6. The first-order chi connectivity index (χ1) is 9.52. The summed E-state index contributed by atoms with van der Waals surface area (Å²) in [6.45, 7) is -0.00849. The Balaban J connectivity index is 2.35. The van der Waals surface area contributed by atoms with Gasteiger partial charge in [-0.15, -0.1) is 5.10 Å². The van der Waals surface area contributed by atoms with Gasteiger partial charge in [0.15, 0.2) is 11.4 Å². The molecule has 106 valence electrons. The molecule has 0 aromatic carbocycles. The highest BCUT2D eigenvalue weighted by atomic mass is 16.5. The van der Waals surface area contributed by atoms with Gasteiger partial charge in [0, 0.05) is 13.2 Å². The highest BCUT2D eigenvalue weighted by molar-refractivity contribution is 5.86. The van der Waals surface area contributed by atoms with Crippen LogP contribution >= 0.6 is 0 Å². The summed E-state index contributed by atoms with van der Waals surface area (Å²) in [6, 6.07) is 1.09. The molecule has 0 atom stereocenters. The van der Waals surface area contributed by atoms with Gasteiger partial charge in [-0.05, 0) is 0 Å². The second-order valence-corrected chi connectivity index (χ2v) is 3.88. The van der Waals surface area contributed by atoms with E-state index in [1.807, 2.05) is 0 Å². The Morgan fingerprint density at radius 3 is 2.90 bits per heavy atom. The molecule has 0 unspecified atom stereocenters. The zero-order valence-electron chi connectivity index (χ0n) is 10.4. The summed E-state index contributed by atoms with van der Waals surface area (Å²) >= 11 is 0. The molecule has 2 rings (SSSR count). The third-order valence-electron chi connectivity index (χ3n) is 2.49. The predicted octanol–water partition coefficient (Wildman–Crippen LogP) is -0.170. The van der Waals surface area contributed by atoms with Gasteiger partial charge in [0.2, 0.25) is 5.43 Å². The van der Waals surface area contributed by atoms with E-state index in [0.29, 0.717) is 0 Å². The molecule has 2 heterocycles. The van der Waals surface area contributed by atoms with Crippen molar-refractivity contribution in [3.05, 3.63) is 39.7 Å². The molecule has 0 spiro atoms. The average Bonchev–Trinajstić information content (AvgIpc) is 2.78. The highest BCUT2D eigenvalue weighted by Crippen LogP contribution is 2.11. The van der Waals surface area contributed by atoms with E-state index in [9.17, 15) is 9.59 Å². The molecule has 9 nitrogen and oxygen atoms in total. The van der Waals surface area contributed by atoms with Crippen LogP contribution in [-0.4, -0.2) is 38.3 Å². The lowest BCUT2D eigenvalue weighted by molar-refractivity contribution is 0.0684. The smallest absolute Gasteiger partial charge is 0.358 e. The standard InChI is InChI=1S/C11H11N3O6/c1-19-4-7-10(11(17)18)12-13-14(7)3-6-2-8(15)9(16)5-20-6/h2,5,16H,3-4H2,1H3,(H,17,18). The van der Waals surface area contributed by atoms with Gasteiger partial charge in [-0.2, -0.15) is 0 Å². The summed E-state index contributed by atoms with van der Waals surface area (Å²) < 4.78 is 11.2. The normalized spacial score (nSPS) is 10.7. The van der Waals surface area contributed by atoms with Crippen LogP contribution in [0.1, 0.15) is 21.9 Å². The molecule has 0 bridgehead atoms. The number of aromatic nitrogens is 3. The maximum absolute atomic E-state index is 11.3. The van der Waals surface area contributed by atoms with Crippen LogP contribution in [-0.2, 0) is 17.9 Å². The summed E-state index contributed by atoms with van der Waals surface area (Å²) in [7, 11) is 1.41. The number of aromatic hydroxyl groups is 1. The van der Waals surface area contributed by atoms with E-state index in [1.165, 1.54) is 11.8 Å². The van der Waals surface area contributed by atoms with Gasteiger partial charge in [-0.25, -0.2) is 9.48 Å². The number of carbonyl (C=O) groups is 1. The largest absolute Gasteiger partial charge is 0.502 e. The third kappa shape index (κ3) is 2.67. The first-order valence-corrected chi connectivity index (χ1v) is 5.48. The molecule has 20 heavy (non-hydrogen) atoms. The molecule has 0 aliphatic heterocycles. The van der Waals surface area contributed by atoms with Crippen LogP contribution in [0.2, 0.25) is 0 Å². The maximum atomic E-state index is 11.3. The minimum absolute atomic E-state index is 0.00303. The Labute approximate surface area is 112 Å². The van der Waals surface area contributed by atoms with Crippen molar-refractivity contribution in [2.24, 2.45) is 0 Å². The second-order valence-electron chi connectivity index (χ2n) is 3.88. The van der Waals surface area contributed by atoms with E-state index in [0.717, 1.165) is 12.3 Å². The summed E-state index contributed by atoms with van der Waals surface area (Å²) in [5, 5.41) is 25.3. The van der Waals surface area contributed by atoms with Crippen molar-refractivity contribution in [3.63, 3.8) is 0 Å². The number of ether oxygens (including phenoxy) is 1. The SMILES string of the molecule is COCc1c(C(=O)O)nnn1Cc1cc(=O)c(O)co1. The Bertz CT molecular complexity index is 690. The molecule has 0 fully saturated rings. The number of hydrogen-bond donors (Lipinski definition) is 2. The highest BCUT2D eigenvalue weighted by Gasteiger charge is 2.19. The second kappa shape index (κ2) is 5.53. The monoisotopic (exact) mass is 281 g/mol. The van der Waals surface area contributed by atoms with Crippen molar-refractivity contribution in [1.29, 1.82) is 0 Å². The lowest BCUT2D eigenvalue weighted by Crippen LogP contribution is -2.11. The van der Waals surface area contributed by atoms with Gasteiger partial charge in [0.25, 0.3) is 0 Å². The molecule has 9 heteroatoms. The number of nitrogens with zero attached hydrogens (tertiary/aromatic N) is 3. The molecule has 0 aliphatic carbocycles. The molecule has 0 aliphatic rings. The van der Waals surface area contributed by atoms with E-state index in [1.54, 1.807) is 0 Å². The van der Waals surface area contributed by atoms with Crippen LogP contribution in [0, 0.1) is 0 Å². The number of carboxylic acids is 1. The molecule has 0 amide bonds. The average molecular weight is 281 g/mol. The molecular weight excluding hydrogens is 270 g/mol. The van der Waals surface area contributed by atoms with Crippen molar-refractivity contribution in [2.45, 2.75) is 13.2 Å². The van der Waals surface area contributed by atoms with Gasteiger partial charge >= 0.3 is 5.97 Å². The third-order valence-corrected chi connectivity index (χ3v) is 2.49. The fourth-order valence-corrected chi connectivity index (χ4v) is 1.58. The van der Waals surface area contributed by atoms with Crippen LogP contribution < -0.4 is 5.43 Å². The van der Waals surface area contributed by atoms with Crippen molar-refractivity contribution in [1.82, 2.24) is 15.0 Å². The van der Waals surface area contributed by atoms with Crippen molar-refractivity contribution < 1.29 is 24.2 Å². The van der Waals surface area contributed by atoms with E-state index in [4.69, 9.17) is 19.4 Å². The molecule has 2 N–H and O–H groups in total. The maximum Gasteiger partial charge on any atom is 0.358 e. The van der Waals surface area contributed by atoms with Crippen molar-refractivity contribution in [2.75, 3.05) is 7.11 Å². The van der Waals surface area contributed by atoms with E-state index >= 15 is 0 Å². The number of rotatable bonds is 5. The number of aromatic carboxylic acids is 1. The zero-order valence-corrected chi connectivity index (χ0v) is 10.4. The Morgan fingerprint density at radius 1 is 1.55 bits per heavy atom. The van der Waals surface area contributed by atoms with Crippen LogP contribution in [0.25, 0.3) is 0 Å². The fraction of sp³-hybridized carbons (Fsp3) is 0.273. The Kier molecular flexibility index (Phi) is 3.80. The Hall–Kier alpha value is -2.68. The van der Waals surface area contributed by atoms with E-state index in [2.05, 4.69) is 10.3 Å². The predicted molar refractivity (Wildman–Crippen MR) is 63.4 cm³/mol. The Morgan fingerprint density at radius 2 is 2.30 bits per heavy atom. The van der Waals surface area contributed by atoms with Crippen LogP contribution in [0.3, 0.4) is 0 Å². The summed E-state index contributed by atoms with van der Waals surface area (Å²) in [5.41, 5.74) is -0.582. The lowest BCUT2D eigenvalue weighted by Gasteiger charge is -2.05. The minimum Gasteiger partial charge on any atom is -0.502 e. The van der Waals surface area contributed by atoms with Crippen molar-refractivity contribution >= 4 is 5.97 Å². The lowest BCUT2D eigenvalue weighted by atomic mass is 10.3. The van der Waals surface area contributed by atoms with Crippen LogP contribution in [0.15, 0.2) is 21.5 Å². The first-order valence-electron chi connectivity index (χ1n) is 5.48. The van der Waals surface area contributed by atoms with Gasteiger partial charge in [-0.1, -0.05) is 5.21 Å².